The van der Waals surface area contributed by atoms with E-state index in [2.05, 4.69) is 5.32 Å². The number of halogens is 3. The van der Waals surface area contributed by atoms with Gasteiger partial charge >= 0.3 is 6.18 Å². The van der Waals surface area contributed by atoms with Crippen molar-refractivity contribution in [1.29, 1.82) is 0 Å². The molecule has 0 saturated carbocycles. The van der Waals surface area contributed by atoms with Crippen LogP contribution < -0.4 is 11.1 Å². The molecule has 3 N–H and O–H groups in total. The summed E-state index contributed by atoms with van der Waals surface area (Å²) in [5.41, 5.74) is 5.46. The smallest absolute Gasteiger partial charge is 0.385 e. The first-order valence-electron chi connectivity index (χ1n) is 6.03. The molecule has 20 heavy (non-hydrogen) atoms. The molecule has 4 nitrogen and oxygen atoms in total. The number of benzene rings is 1. The van der Waals surface area contributed by atoms with Crippen LogP contribution in [0.25, 0.3) is 0 Å². The van der Waals surface area contributed by atoms with Crippen molar-refractivity contribution < 1.29 is 22.7 Å². The normalized spacial score (nSPS) is 13.1. The summed E-state index contributed by atoms with van der Waals surface area (Å²) in [5, 5.41) is 2.57. The lowest BCUT2D eigenvalue weighted by molar-refractivity contribution is -0.137. The molecule has 1 aromatic rings. The van der Waals surface area contributed by atoms with Crippen molar-refractivity contribution in [2.75, 3.05) is 13.7 Å². The van der Waals surface area contributed by atoms with E-state index < -0.39 is 17.8 Å². The summed E-state index contributed by atoms with van der Waals surface area (Å²) in [4.78, 5) is 11.6. The van der Waals surface area contributed by atoms with Crippen LogP contribution in [0, 0.1) is 0 Å². The van der Waals surface area contributed by atoms with Gasteiger partial charge in [0.25, 0.3) is 0 Å². The molecule has 1 rings (SSSR count). The average Bonchev–Trinajstić information content (AvgIpc) is 2.41. The number of amides is 1. The Balaban J connectivity index is 2.48. The Labute approximate surface area is 115 Å². The summed E-state index contributed by atoms with van der Waals surface area (Å²) < 4.78 is 41.9. The van der Waals surface area contributed by atoms with E-state index in [1.165, 1.54) is 19.2 Å². The van der Waals surface area contributed by atoms with Gasteiger partial charge in [-0.2, -0.15) is 13.2 Å². The summed E-state index contributed by atoms with van der Waals surface area (Å²) >= 11 is 0. The second-order valence-corrected chi connectivity index (χ2v) is 4.30. The van der Waals surface area contributed by atoms with Gasteiger partial charge in [-0.1, -0.05) is 12.1 Å². The van der Waals surface area contributed by atoms with Crippen LogP contribution in [0.3, 0.4) is 0 Å². The van der Waals surface area contributed by atoms with Gasteiger partial charge in [-0.3, -0.25) is 4.79 Å². The summed E-state index contributed by atoms with van der Waals surface area (Å²) in [5.74, 6) is -0.359. The molecular formula is C13H17F3N2O2. The zero-order valence-corrected chi connectivity index (χ0v) is 11.0. The van der Waals surface area contributed by atoms with Gasteiger partial charge in [0.2, 0.25) is 5.91 Å². The maximum absolute atomic E-state index is 12.4. The predicted octanol–water partition coefficient (Wildman–Crippen LogP) is 1.69. The minimum absolute atomic E-state index is 0.137. The van der Waals surface area contributed by atoms with Crippen LogP contribution in [0.5, 0.6) is 0 Å². The SMILES string of the molecule is COCCC(N)C(=O)NCc1ccc(C(F)(F)F)cc1. The molecule has 7 heteroatoms. The number of carbonyl (C=O) groups is 1. The van der Waals surface area contributed by atoms with Gasteiger partial charge in [0.1, 0.15) is 0 Å². The molecule has 1 amide bonds. The summed E-state index contributed by atoms with van der Waals surface area (Å²) in [6.07, 6.45) is -3.97. The van der Waals surface area contributed by atoms with Crippen LogP contribution in [0.15, 0.2) is 24.3 Å². The van der Waals surface area contributed by atoms with E-state index in [9.17, 15) is 18.0 Å². The number of hydrogen-bond donors (Lipinski definition) is 2. The first-order valence-corrected chi connectivity index (χ1v) is 6.03. The van der Waals surface area contributed by atoms with Gasteiger partial charge in [0.15, 0.2) is 0 Å². The predicted molar refractivity (Wildman–Crippen MR) is 67.8 cm³/mol. The highest BCUT2D eigenvalue weighted by molar-refractivity contribution is 5.81. The van der Waals surface area contributed by atoms with Crippen molar-refractivity contribution >= 4 is 5.91 Å². The van der Waals surface area contributed by atoms with Crippen molar-refractivity contribution in [3.63, 3.8) is 0 Å². The van der Waals surface area contributed by atoms with Crippen molar-refractivity contribution in [3.05, 3.63) is 35.4 Å². The van der Waals surface area contributed by atoms with Crippen LogP contribution in [0.2, 0.25) is 0 Å². The minimum Gasteiger partial charge on any atom is -0.385 e. The Morgan fingerprint density at radius 1 is 1.35 bits per heavy atom. The van der Waals surface area contributed by atoms with E-state index in [0.29, 0.717) is 18.6 Å². The van der Waals surface area contributed by atoms with Crippen molar-refractivity contribution in [3.8, 4) is 0 Å². The highest BCUT2D eigenvalue weighted by atomic mass is 19.4. The molecule has 0 aliphatic heterocycles. The Bertz CT molecular complexity index is 432. The summed E-state index contributed by atoms with van der Waals surface area (Å²) in [6, 6.07) is 3.91. The molecule has 0 aromatic heterocycles. The molecule has 0 aliphatic carbocycles. The Morgan fingerprint density at radius 3 is 2.45 bits per heavy atom. The van der Waals surface area contributed by atoms with Gasteiger partial charge in [0, 0.05) is 20.3 Å². The van der Waals surface area contributed by atoms with Gasteiger partial charge in [-0.05, 0) is 24.1 Å². The van der Waals surface area contributed by atoms with Crippen LogP contribution in [0.4, 0.5) is 13.2 Å². The van der Waals surface area contributed by atoms with Crippen molar-refractivity contribution in [2.24, 2.45) is 5.73 Å². The Kier molecular flexibility index (Phi) is 5.97. The first-order chi connectivity index (χ1) is 9.34. The average molecular weight is 290 g/mol. The number of rotatable bonds is 6. The van der Waals surface area contributed by atoms with Crippen molar-refractivity contribution in [2.45, 2.75) is 25.2 Å². The number of alkyl halides is 3. The van der Waals surface area contributed by atoms with Crippen LogP contribution in [-0.2, 0) is 22.3 Å². The third-order valence-corrected chi connectivity index (χ3v) is 2.72. The lowest BCUT2D eigenvalue weighted by Crippen LogP contribution is -2.40. The molecule has 1 atom stereocenters. The topological polar surface area (TPSA) is 64.3 Å². The van der Waals surface area contributed by atoms with E-state index in [1.54, 1.807) is 0 Å². The molecule has 0 saturated heterocycles. The summed E-state index contributed by atoms with van der Waals surface area (Å²) in [7, 11) is 1.51. The Hall–Kier alpha value is -1.60. The molecule has 0 aliphatic rings. The number of nitrogens with one attached hydrogen (secondary N) is 1. The molecule has 0 fully saturated rings. The van der Waals surface area contributed by atoms with Gasteiger partial charge in [0.05, 0.1) is 11.6 Å². The molecule has 112 valence electrons. The van der Waals surface area contributed by atoms with Gasteiger partial charge < -0.3 is 15.8 Å². The first kappa shape index (κ1) is 16.5. The van der Waals surface area contributed by atoms with Gasteiger partial charge in [-0.25, -0.2) is 0 Å². The molecular weight excluding hydrogens is 273 g/mol. The number of methoxy groups -OCH3 is 1. The molecule has 0 bridgehead atoms. The highest BCUT2D eigenvalue weighted by Crippen LogP contribution is 2.28. The fraction of sp³-hybridized carbons (Fsp3) is 0.462. The standard InChI is InChI=1S/C13H17F3N2O2/c1-20-7-6-11(17)12(19)18-8-9-2-4-10(5-3-9)13(14,15)16/h2-5,11H,6-8,17H2,1H3,(H,18,19). The molecule has 1 unspecified atom stereocenters. The van der Waals surface area contributed by atoms with E-state index in [4.69, 9.17) is 10.5 Å². The largest absolute Gasteiger partial charge is 0.416 e. The van der Waals surface area contributed by atoms with E-state index >= 15 is 0 Å². The third kappa shape index (κ3) is 5.18. The van der Waals surface area contributed by atoms with Gasteiger partial charge in [-0.15, -0.1) is 0 Å². The minimum atomic E-state index is -4.36. The maximum atomic E-state index is 12.4. The van der Waals surface area contributed by atoms with Crippen molar-refractivity contribution in [1.82, 2.24) is 5.32 Å². The molecule has 0 radical (unpaired) electrons. The molecule has 0 spiro atoms. The fourth-order valence-electron chi connectivity index (χ4n) is 1.51. The number of hydrogen-bond acceptors (Lipinski definition) is 3. The quantitative estimate of drug-likeness (QED) is 0.838. The highest BCUT2D eigenvalue weighted by Gasteiger charge is 2.29. The molecule has 1 aromatic carbocycles. The third-order valence-electron chi connectivity index (χ3n) is 2.72. The molecule has 0 heterocycles. The van der Waals surface area contributed by atoms with Crippen LogP contribution >= 0.6 is 0 Å². The zero-order valence-electron chi connectivity index (χ0n) is 11.0. The second-order valence-electron chi connectivity index (χ2n) is 4.30. The van der Waals surface area contributed by atoms with Crippen LogP contribution in [0.1, 0.15) is 17.5 Å². The lowest BCUT2D eigenvalue weighted by Gasteiger charge is -2.12. The van der Waals surface area contributed by atoms with Crippen LogP contribution in [-0.4, -0.2) is 25.7 Å². The number of ether oxygens (including phenoxy) is 1. The van der Waals surface area contributed by atoms with E-state index in [-0.39, 0.29) is 12.5 Å². The zero-order chi connectivity index (χ0) is 15.2. The van der Waals surface area contributed by atoms with E-state index in [0.717, 1.165) is 12.1 Å². The summed E-state index contributed by atoms with van der Waals surface area (Å²) in [6.45, 7) is 0.506. The van der Waals surface area contributed by atoms with E-state index in [1.807, 2.05) is 0 Å². The Morgan fingerprint density at radius 2 is 1.95 bits per heavy atom. The number of nitrogens with two attached hydrogens (primary N) is 1. The monoisotopic (exact) mass is 290 g/mol. The lowest BCUT2D eigenvalue weighted by atomic mass is 10.1. The number of carbonyl (C=O) groups excluding carboxylic acids is 1. The second kappa shape index (κ2) is 7.25. The fourth-order valence-corrected chi connectivity index (χ4v) is 1.51. The maximum Gasteiger partial charge on any atom is 0.416 e.